The minimum Gasteiger partial charge on any atom is -0.497 e. The second-order valence-corrected chi connectivity index (χ2v) is 8.89. The number of carbonyl (C=O) groups is 1. The van der Waals surface area contributed by atoms with Gasteiger partial charge in [0.1, 0.15) is 17.2 Å². The quantitative estimate of drug-likeness (QED) is 0.249. The van der Waals surface area contributed by atoms with Crippen LogP contribution < -0.4 is 10.4 Å². The van der Waals surface area contributed by atoms with Gasteiger partial charge in [0, 0.05) is 33.8 Å². The first-order chi connectivity index (χ1) is 19.0. The predicted octanol–water partition coefficient (Wildman–Crippen LogP) is 6.69. The van der Waals surface area contributed by atoms with E-state index in [0.717, 1.165) is 16.8 Å². The molecule has 0 radical (unpaired) electrons. The number of aromatic carboxylic acids is 1. The maximum absolute atomic E-state index is 12.7. The summed E-state index contributed by atoms with van der Waals surface area (Å²) in [6.07, 6.45) is 0. The largest absolute Gasteiger partial charge is 0.497 e. The predicted molar refractivity (Wildman–Crippen MR) is 149 cm³/mol. The Morgan fingerprint density at radius 1 is 0.846 bits per heavy atom. The molecule has 2 heterocycles. The molecule has 0 saturated carbocycles. The molecule has 0 aliphatic carbocycles. The van der Waals surface area contributed by atoms with Crippen LogP contribution >= 0.6 is 0 Å². The van der Waals surface area contributed by atoms with E-state index in [1.807, 2.05) is 71.3 Å². The molecule has 0 fully saturated rings. The Morgan fingerprint density at radius 3 is 2.15 bits per heavy atom. The van der Waals surface area contributed by atoms with Gasteiger partial charge in [-0.2, -0.15) is 0 Å². The van der Waals surface area contributed by atoms with Gasteiger partial charge in [-0.25, -0.2) is 14.6 Å². The van der Waals surface area contributed by atoms with Crippen LogP contribution in [0, 0.1) is 0 Å². The van der Waals surface area contributed by atoms with E-state index in [0.29, 0.717) is 39.5 Å². The van der Waals surface area contributed by atoms with Gasteiger partial charge in [-0.3, -0.25) is 4.57 Å². The highest BCUT2D eigenvalue weighted by atomic mass is 16.5. The highest BCUT2D eigenvalue weighted by Crippen LogP contribution is 2.40. The van der Waals surface area contributed by atoms with Crippen molar-refractivity contribution in [2.24, 2.45) is 0 Å². The lowest BCUT2D eigenvalue weighted by Gasteiger charge is -2.15. The first kappa shape index (κ1) is 23.9. The van der Waals surface area contributed by atoms with Crippen molar-refractivity contribution in [1.29, 1.82) is 0 Å². The number of carboxylic acids is 1. The molecule has 0 amide bonds. The van der Waals surface area contributed by atoms with E-state index >= 15 is 0 Å². The van der Waals surface area contributed by atoms with Crippen LogP contribution in [0.25, 0.3) is 50.6 Å². The van der Waals surface area contributed by atoms with Crippen LogP contribution in [0.2, 0.25) is 0 Å². The third-order valence-electron chi connectivity index (χ3n) is 6.53. The van der Waals surface area contributed by atoms with Crippen molar-refractivity contribution in [2.75, 3.05) is 7.11 Å². The van der Waals surface area contributed by atoms with E-state index in [1.165, 1.54) is 6.07 Å². The molecule has 0 aliphatic rings. The molecule has 7 heteroatoms. The zero-order chi connectivity index (χ0) is 26.9. The molecule has 0 unspecified atom stereocenters. The summed E-state index contributed by atoms with van der Waals surface area (Å²) in [6.45, 7) is 0. The van der Waals surface area contributed by atoms with Crippen molar-refractivity contribution >= 4 is 16.9 Å². The first-order valence-corrected chi connectivity index (χ1v) is 12.2. The number of ether oxygens (including phenoxy) is 1. The average Bonchev–Trinajstić information content (AvgIpc) is 3.38. The van der Waals surface area contributed by atoms with Crippen LogP contribution in [0.15, 0.2) is 118 Å². The molecule has 39 heavy (non-hydrogen) atoms. The Kier molecular flexibility index (Phi) is 6.01. The van der Waals surface area contributed by atoms with Gasteiger partial charge < -0.3 is 14.3 Å². The van der Waals surface area contributed by atoms with E-state index < -0.39 is 11.6 Å². The third kappa shape index (κ3) is 4.36. The highest BCUT2D eigenvalue weighted by molar-refractivity contribution is 5.95. The minimum atomic E-state index is -1.01. The molecule has 0 bridgehead atoms. The molecule has 2 aromatic heterocycles. The van der Waals surface area contributed by atoms with E-state index in [1.54, 1.807) is 43.5 Å². The van der Waals surface area contributed by atoms with Gasteiger partial charge in [-0.1, -0.05) is 60.7 Å². The molecule has 4 aromatic carbocycles. The van der Waals surface area contributed by atoms with Gasteiger partial charge in [0.15, 0.2) is 0 Å². The van der Waals surface area contributed by atoms with Crippen LogP contribution in [0.5, 0.6) is 5.75 Å². The van der Waals surface area contributed by atoms with Gasteiger partial charge in [-0.15, -0.1) is 0 Å². The Bertz CT molecular complexity index is 1870. The molecule has 7 nitrogen and oxygen atoms in total. The second-order valence-electron chi connectivity index (χ2n) is 8.89. The fraction of sp³-hybridized carbons (Fsp3) is 0.0312. The van der Waals surface area contributed by atoms with Crippen LogP contribution in [-0.4, -0.2) is 27.7 Å². The number of aromatic nitrogens is 2. The molecule has 0 spiro atoms. The van der Waals surface area contributed by atoms with E-state index in [-0.39, 0.29) is 5.56 Å². The van der Waals surface area contributed by atoms with Gasteiger partial charge in [0.2, 0.25) is 0 Å². The van der Waals surface area contributed by atoms with Gasteiger partial charge in [-0.05, 0) is 42.5 Å². The van der Waals surface area contributed by atoms with Crippen molar-refractivity contribution in [3.63, 3.8) is 0 Å². The summed E-state index contributed by atoms with van der Waals surface area (Å²) in [5, 5.41) is 10.1. The number of imidazole rings is 1. The van der Waals surface area contributed by atoms with Gasteiger partial charge >= 0.3 is 11.6 Å². The van der Waals surface area contributed by atoms with Crippen LogP contribution in [0.4, 0.5) is 0 Å². The fourth-order valence-electron chi connectivity index (χ4n) is 4.72. The molecule has 6 rings (SSSR count). The lowest BCUT2D eigenvalue weighted by molar-refractivity contribution is 0.0697. The van der Waals surface area contributed by atoms with Crippen molar-refractivity contribution < 1.29 is 19.1 Å². The molecule has 1 N–H and O–H groups in total. The molecular weight excluding hydrogens is 492 g/mol. The number of rotatable bonds is 6. The maximum atomic E-state index is 12.7. The topological polar surface area (TPSA) is 94.6 Å². The normalized spacial score (nSPS) is 11.0. The van der Waals surface area contributed by atoms with Crippen LogP contribution in [0.1, 0.15) is 10.4 Å². The average molecular weight is 515 g/mol. The summed E-state index contributed by atoms with van der Waals surface area (Å²) in [4.78, 5) is 29.4. The van der Waals surface area contributed by atoms with E-state index in [2.05, 4.69) is 0 Å². The monoisotopic (exact) mass is 514 g/mol. The van der Waals surface area contributed by atoms with Crippen LogP contribution in [-0.2, 0) is 0 Å². The maximum Gasteiger partial charge on any atom is 0.336 e. The summed E-state index contributed by atoms with van der Waals surface area (Å²) < 4.78 is 12.9. The van der Waals surface area contributed by atoms with Gasteiger partial charge in [0.25, 0.3) is 0 Å². The number of methoxy groups -OCH3 is 1. The van der Waals surface area contributed by atoms with Crippen molar-refractivity contribution in [3.8, 4) is 45.3 Å². The molecule has 190 valence electrons. The van der Waals surface area contributed by atoms with E-state index in [4.69, 9.17) is 14.1 Å². The highest BCUT2D eigenvalue weighted by Gasteiger charge is 2.24. The molecule has 0 saturated heterocycles. The fourth-order valence-corrected chi connectivity index (χ4v) is 4.72. The Balaban J connectivity index is 1.76. The Morgan fingerprint density at radius 2 is 1.51 bits per heavy atom. The standard InChI is InChI=1S/C32H22N2O5/c1-38-24-16-17-27-25(18-24)26(19-28(35)39-27)31-33-29(20-8-4-2-5-9-20)30(21-10-6-3-7-11-21)34(31)23-14-12-22(13-15-23)32(36)37/h2-19H,1H3,(H,36,37). The third-order valence-corrected chi connectivity index (χ3v) is 6.53. The summed E-state index contributed by atoms with van der Waals surface area (Å²) in [7, 11) is 1.58. The number of benzene rings is 4. The molecule has 6 aromatic rings. The number of fused-ring (bicyclic) bond motifs is 1. The summed E-state index contributed by atoms with van der Waals surface area (Å²) in [5.74, 6) is 0.0921. The lowest BCUT2D eigenvalue weighted by atomic mass is 10.0. The number of nitrogens with zero attached hydrogens (tertiary/aromatic N) is 2. The van der Waals surface area contributed by atoms with Gasteiger partial charge in [0.05, 0.1) is 24.1 Å². The van der Waals surface area contributed by atoms with E-state index in [9.17, 15) is 14.7 Å². The van der Waals surface area contributed by atoms with Crippen molar-refractivity contribution in [2.45, 2.75) is 0 Å². The molecule has 0 atom stereocenters. The summed E-state index contributed by atoms with van der Waals surface area (Å²) in [6, 6.07) is 32.9. The Hall–Kier alpha value is -5.43. The SMILES string of the molecule is COc1ccc2oc(=O)cc(-c3nc(-c4ccccc4)c(-c4ccccc4)n3-c3ccc(C(=O)O)cc3)c2c1. The lowest BCUT2D eigenvalue weighted by Crippen LogP contribution is -2.05. The van der Waals surface area contributed by atoms with Crippen LogP contribution in [0.3, 0.4) is 0 Å². The Labute approximate surface area is 223 Å². The van der Waals surface area contributed by atoms with Crippen molar-refractivity contribution in [1.82, 2.24) is 9.55 Å². The zero-order valence-corrected chi connectivity index (χ0v) is 20.9. The van der Waals surface area contributed by atoms with Crippen molar-refractivity contribution in [3.05, 3.63) is 125 Å². The molecular formula is C32H22N2O5. The first-order valence-electron chi connectivity index (χ1n) is 12.2. The zero-order valence-electron chi connectivity index (χ0n) is 20.9. The second kappa shape index (κ2) is 9.79. The smallest absolute Gasteiger partial charge is 0.336 e. The number of hydrogen-bond donors (Lipinski definition) is 1. The molecule has 0 aliphatic heterocycles. The number of carboxylic acid groups (broad SMARTS) is 1. The summed E-state index contributed by atoms with van der Waals surface area (Å²) >= 11 is 0. The number of hydrogen-bond acceptors (Lipinski definition) is 5. The minimum absolute atomic E-state index is 0.167. The summed E-state index contributed by atoms with van der Waals surface area (Å²) in [5.41, 5.74) is 4.60.